The second-order valence-corrected chi connectivity index (χ2v) is 4.95. The van der Waals surface area contributed by atoms with Crippen LogP contribution < -0.4 is 5.32 Å². The van der Waals surface area contributed by atoms with Gasteiger partial charge in [0.25, 0.3) is 5.91 Å². The molecule has 21 heavy (non-hydrogen) atoms. The molecule has 1 saturated heterocycles. The van der Waals surface area contributed by atoms with Crippen molar-refractivity contribution in [1.29, 1.82) is 0 Å². The number of rotatable bonds is 5. The maximum atomic E-state index is 12.1. The molecule has 7 heteroatoms. The van der Waals surface area contributed by atoms with E-state index in [0.29, 0.717) is 18.5 Å². The smallest absolute Gasteiger partial charge is 0.326 e. The summed E-state index contributed by atoms with van der Waals surface area (Å²) < 4.78 is 4.80. The summed E-state index contributed by atoms with van der Waals surface area (Å²) in [6.45, 7) is 0.636. The average Bonchev–Trinajstić information content (AvgIpc) is 3.01. The van der Waals surface area contributed by atoms with Crippen molar-refractivity contribution in [3.05, 3.63) is 24.2 Å². The first-order valence-corrected chi connectivity index (χ1v) is 6.92. The van der Waals surface area contributed by atoms with E-state index in [4.69, 9.17) is 9.52 Å². The van der Waals surface area contributed by atoms with Crippen LogP contribution in [0, 0.1) is 0 Å². The number of aliphatic carboxylic acids is 1. The third-order valence-electron chi connectivity index (χ3n) is 3.52. The van der Waals surface area contributed by atoms with Crippen LogP contribution in [0.25, 0.3) is 0 Å². The van der Waals surface area contributed by atoms with Crippen molar-refractivity contribution in [3.8, 4) is 0 Å². The number of nitrogens with zero attached hydrogens (tertiary/aromatic N) is 1. The molecule has 1 fully saturated rings. The van der Waals surface area contributed by atoms with Crippen molar-refractivity contribution < 1.29 is 23.9 Å². The summed E-state index contributed by atoms with van der Waals surface area (Å²) in [6, 6.07) is 0.790. The number of nitrogens with one attached hydrogen (secondary N) is 1. The van der Waals surface area contributed by atoms with Crippen LogP contribution >= 0.6 is 0 Å². The molecule has 0 aromatic carbocycles. The summed E-state index contributed by atoms with van der Waals surface area (Å²) in [5.74, 6) is -1.52. The number of hydrogen-bond acceptors (Lipinski definition) is 4. The van der Waals surface area contributed by atoms with Gasteiger partial charge < -0.3 is 19.7 Å². The molecule has 2 heterocycles. The molecule has 1 aliphatic heterocycles. The molecule has 1 aromatic heterocycles. The van der Waals surface area contributed by atoms with Gasteiger partial charge in [0.1, 0.15) is 12.3 Å². The predicted octanol–water partition coefficient (Wildman–Crippen LogP) is 0.865. The summed E-state index contributed by atoms with van der Waals surface area (Å²) in [5, 5.41) is 11.7. The van der Waals surface area contributed by atoms with Crippen LogP contribution in [0.15, 0.2) is 23.0 Å². The maximum absolute atomic E-state index is 12.1. The van der Waals surface area contributed by atoms with E-state index in [0.717, 1.165) is 12.8 Å². The van der Waals surface area contributed by atoms with Gasteiger partial charge in [-0.15, -0.1) is 0 Å². The first kappa shape index (κ1) is 15.1. The summed E-state index contributed by atoms with van der Waals surface area (Å²) in [5.41, 5.74) is 0.392. The van der Waals surface area contributed by atoms with Gasteiger partial charge in [-0.1, -0.05) is 0 Å². The third-order valence-corrected chi connectivity index (χ3v) is 3.52. The Morgan fingerprint density at radius 2 is 2.19 bits per heavy atom. The number of carboxylic acids is 1. The fraction of sp³-hybridized carbons (Fsp3) is 0.500. The lowest BCUT2D eigenvalue weighted by Crippen LogP contribution is -2.48. The SMILES string of the molecule is O=C(NCCC(=O)N1CCCCC1C(=O)O)c1ccoc1. The number of furan rings is 1. The molecule has 0 aliphatic carbocycles. The minimum atomic E-state index is -0.967. The van der Waals surface area contributed by atoms with E-state index in [-0.39, 0.29) is 24.8 Å². The summed E-state index contributed by atoms with van der Waals surface area (Å²) >= 11 is 0. The minimum absolute atomic E-state index is 0.0906. The number of carbonyl (C=O) groups is 3. The van der Waals surface area contributed by atoms with Crippen molar-refractivity contribution in [2.45, 2.75) is 31.7 Å². The van der Waals surface area contributed by atoms with Gasteiger partial charge in [-0.3, -0.25) is 9.59 Å². The second-order valence-electron chi connectivity index (χ2n) is 4.95. The summed E-state index contributed by atoms with van der Waals surface area (Å²) in [7, 11) is 0. The number of carbonyl (C=O) groups excluding carboxylic acids is 2. The van der Waals surface area contributed by atoms with Gasteiger partial charge in [-0.25, -0.2) is 4.79 Å². The molecular formula is C14H18N2O5. The van der Waals surface area contributed by atoms with Gasteiger partial charge in [-0.2, -0.15) is 0 Å². The molecule has 0 spiro atoms. The molecule has 0 bridgehead atoms. The quantitative estimate of drug-likeness (QED) is 0.839. The van der Waals surface area contributed by atoms with E-state index in [1.807, 2.05) is 0 Å². The summed E-state index contributed by atoms with van der Waals surface area (Å²) in [6.07, 6.45) is 4.93. The number of carboxylic acid groups (broad SMARTS) is 1. The standard InChI is InChI=1S/C14H18N2O5/c17-12(16-7-2-1-3-11(16)14(19)20)4-6-15-13(18)10-5-8-21-9-10/h5,8-9,11H,1-4,6-7H2,(H,15,18)(H,19,20). The Balaban J connectivity index is 1.81. The van der Waals surface area contributed by atoms with Gasteiger partial charge in [0, 0.05) is 19.5 Å². The van der Waals surface area contributed by atoms with E-state index in [1.54, 1.807) is 0 Å². The third kappa shape index (κ3) is 3.84. The van der Waals surface area contributed by atoms with E-state index >= 15 is 0 Å². The lowest BCUT2D eigenvalue weighted by Gasteiger charge is -2.33. The van der Waals surface area contributed by atoms with Gasteiger partial charge in [0.2, 0.25) is 5.91 Å². The van der Waals surface area contributed by atoms with Crippen molar-refractivity contribution in [2.24, 2.45) is 0 Å². The Labute approximate surface area is 121 Å². The number of hydrogen-bond donors (Lipinski definition) is 2. The van der Waals surface area contributed by atoms with Crippen LogP contribution in [0.1, 0.15) is 36.0 Å². The predicted molar refractivity (Wildman–Crippen MR) is 72.6 cm³/mol. The minimum Gasteiger partial charge on any atom is -0.480 e. The second kappa shape index (κ2) is 6.92. The Morgan fingerprint density at radius 1 is 1.38 bits per heavy atom. The largest absolute Gasteiger partial charge is 0.480 e. The number of amides is 2. The van der Waals surface area contributed by atoms with E-state index < -0.39 is 12.0 Å². The normalized spacial score (nSPS) is 18.3. The van der Waals surface area contributed by atoms with Gasteiger partial charge in [-0.05, 0) is 25.3 Å². The average molecular weight is 294 g/mol. The van der Waals surface area contributed by atoms with E-state index in [2.05, 4.69) is 5.32 Å². The topological polar surface area (TPSA) is 99.9 Å². The first-order chi connectivity index (χ1) is 10.1. The first-order valence-electron chi connectivity index (χ1n) is 6.92. The van der Waals surface area contributed by atoms with Crippen molar-refractivity contribution in [3.63, 3.8) is 0 Å². The lowest BCUT2D eigenvalue weighted by atomic mass is 10.0. The highest BCUT2D eigenvalue weighted by Crippen LogP contribution is 2.18. The molecule has 0 radical (unpaired) electrons. The summed E-state index contributed by atoms with van der Waals surface area (Å²) in [4.78, 5) is 36.3. The number of likely N-dealkylation sites (tertiary alicyclic amines) is 1. The highest BCUT2D eigenvalue weighted by molar-refractivity contribution is 5.94. The molecular weight excluding hydrogens is 276 g/mol. The van der Waals surface area contributed by atoms with E-state index in [1.165, 1.54) is 23.5 Å². The Hall–Kier alpha value is -2.31. The molecule has 1 atom stereocenters. The maximum Gasteiger partial charge on any atom is 0.326 e. The van der Waals surface area contributed by atoms with Crippen molar-refractivity contribution in [1.82, 2.24) is 10.2 Å². The van der Waals surface area contributed by atoms with Crippen LogP contribution in [0.4, 0.5) is 0 Å². The molecule has 0 saturated carbocycles. The van der Waals surface area contributed by atoms with Crippen molar-refractivity contribution in [2.75, 3.05) is 13.1 Å². The molecule has 2 amide bonds. The van der Waals surface area contributed by atoms with Gasteiger partial charge in [0.05, 0.1) is 11.8 Å². The Kier molecular flexibility index (Phi) is 4.97. The fourth-order valence-electron chi connectivity index (χ4n) is 2.41. The monoisotopic (exact) mass is 294 g/mol. The van der Waals surface area contributed by atoms with Crippen molar-refractivity contribution >= 4 is 17.8 Å². The molecule has 2 N–H and O–H groups in total. The lowest BCUT2D eigenvalue weighted by molar-refractivity contribution is -0.152. The highest BCUT2D eigenvalue weighted by atomic mass is 16.4. The zero-order chi connectivity index (χ0) is 15.2. The fourth-order valence-corrected chi connectivity index (χ4v) is 2.41. The van der Waals surface area contributed by atoms with Crippen LogP contribution in [-0.2, 0) is 9.59 Å². The van der Waals surface area contributed by atoms with Crippen LogP contribution in [-0.4, -0.2) is 46.9 Å². The van der Waals surface area contributed by atoms with Gasteiger partial charge >= 0.3 is 5.97 Å². The van der Waals surface area contributed by atoms with Crippen LogP contribution in [0.5, 0.6) is 0 Å². The molecule has 1 aromatic rings. The van der Waals surface area contributed by atoms with Gasteiger partial charge in [0.15, 0.2) is 0 Å². The molecule has 2 rings (SSSR count). The molecule has 1 unspecified atom stereocenters. The number of piperidine rings is 1. The van der Waals surface area contributed by atoms with Crippen LogP contribution in [0.3, 0.4) is 0 Å². The van der Waals surface area contributed by atoms with Crippen LogP contribution in [0.2, 0.25) is 0 Å². The zero-order valence-electron chi connectivity index (χ0n) is 11.6. The molecule has 114 valence electrons. The zero-order valence-corrected chi connectivity index (χ0v) is 11.6. The van der Waals surface area contributed by atoms with E-state index in [9.17, 15) is 14.4 Å². The highest BCUT2D eigenvalue weighted by Gasteiger charge is 2.31. The molecule has 1 aliphatic rings. The Bertz CT molecular complexity index is 511. The molecule has 7 nitrogen and oxygen atoms in total. The Morgan fingerprint density at radius 3 is 2.86 bits per heavy atom.